The van der Waals surface area contributed by atoms with Gasteiger partial charge in [-0.05, 0) is 6.42 Å². The maximum atomic E-state index is 5.42. The van der Waals surface area contributed by atoms with Crippen molar-refractivity contribution < 1.29 is 24.0 Å². The molecule has 0 saturated carbocycles. The Morgan fingerprint density at radius 2 is 1.67 bits per heavy atom. The van der Waals surface area contributed by atoms with E-state index in [1.165, 1.54) is 12.8 Å². The van der Waals surface area contributed by atoms with Crippen LogP contribution < -0.4 is 24.0 Å². The van der Waals surface area contributed by atoms with Crippen molar-refractivity contribution >= 4 is 34.7 Å². The SMILES string of the molecule is [CH2-]CCCCCCl.[I-].[Mg+2]. The fraction of sp³-hybridized carbons (Fsp3) is 0.833. The standard InChI is InChI=1S/C6H12Cl.HI.Mg/c1-2-3-4-5-6-7;;/h1-6H2;1H;/q-1;;+2/p-1. The van der Waals surface area contributed by atoms with Gasteiger partial charge in [-0.3, -0.25) is 0 Å². The number of hydrogen-bond acceptors (Lipinski definition) is 0. The number of halogens is 2. The second kappa shape index (κ2) is 16.4. The van der Waals surface area contributed by atoms with Crippen molar-refractivity contribution in [3.8, 4) is 0 Å². The first-order valence-electron chi connectivity index (χ1n) is 2.77. The molecule has 3 heteroatoms. The van der Waals surface area contributed by atoms with E-state index in [2.05, 4.69) is 6.92 Å². The summed E-state index contributed by atoms with van der Waals surface area (Å²) in [6.07, 6.45) is 4.67. The van der Waals surface area contributed by atoms with Gasteiger partial charge in [0.2, 0.25) is 0 Å². The molecule has 0 fully saturated rings. The maximum Gasteiger partial charge on any atom is 2.00 e. The molecule has 0 amide bonds. The van der Waals surface area contributed by atoms with E-state index in [9.17, 15) is 0 Å². The molecule has 0 aliphatic carbocycles. The van der Waals surface area contributed by atoms with Crippen LogP contribution in [-0.2, 0) is 0 Å². The van der Waals surface area contributed by atoms with Crippen LogP contribution in [0, 0.1) is 6.92 Å². The molecular weight excluding hydrogens is 259 g/mol. The van der Waals surface area contributed by atoms with Crippen molar-refractivity contribution in [1.29, 1.82) is 0 Å². The fourth-order valence-corrected chi connectivity index (χ4v) is 0.637. The van der Waals surface area contributed by atoms with Crippen LogP contribution in [0.4, 0.5) is 0 Å². The Morgan fingerprint density at radius 1 is 1.11 bits per heavy atom. The van der Waals surface area contributed by atoms with Gasteiger partial charge in [0.25, 0.3) is 0 Å². The summed E-state index contributed by atoms with van der Waals surface area (Å²) in [7, 11) is 0. The second-order valence-corrected chi connectivity index (χ2v) is 1.98. The summed E-state index contributed by atoms with van der Waals surface area (Å²) in [4.78, 5) is 0. The Kier molecular flexibility index (Phi) is 31.1. The van der Waals surface area contributed by atoms with Crippen molar-refractivity contribution in [2.75, 3.05) is 5.88 Å². The van der Waals surface area contributed by atoms with Gasteiger partial charge in [-0.15, -0.1) is 11.6 Å². The number of alkyl halides is 1. The molecule has 0 N–H and O–H groups in total. The number of hydrogen-bond donors (Lipinski definition) is 0. The van der Waals surface area contributed by atoms with Crippen LogP contribution >= 0.6 is 11.6 Å². The minimum atomic E-state index is 0. The quantitative estimate of drug-likeness (QED) is 0.207. The summed E-state index contributed by atoms with van der Waals surface area (Å²) in [5, 5.41) is 0. The van der Waals surface area contributed by atoms with Crippen molar-refractivity contribution in [2.45, 2.75) is 25.7 Å². The van der Waals surface area contributed by atoms with Crippen molar-refractivity contribution in [2.24, 2.45) is 0 Å². The number of unbranched alkanes of at least 4 members (excludes halogenated alkanes) is 3. The summed E-state index contributed by atoms with van der Waals surface area (Å²) in [6.45, 7) is 3.71. The van der Waals surface area contributed by atoms with E-state index in [1.807, 2.05) is 0 Å². The molecule has 0 radical (unpaired) electrons. The van der Waals surface area contributed by atoms with Crippen molar-refractivity contribution in [3.63, 3.8) is 0 Å². The molecule has 0 unspecified atom stereocenters. The van der Waals surface area contributed by atoms with Crippen LogP contribution in [0.1, 0.15) is 25.7 Å². The molecular formula is C6H12ClIMg. The zero-order valence-electron chi connectivity index (χ0n) is 5.71. The van der Waals surface area contributed by atoms with Gasteiger partial charge < -0.3 is 30.9 Å². The Labute approximate surface area is 96.3 Å². The third-order valence-electron chi connectivity index (χ3n) is 0.884. The monoisotopic (exact) mass is 270 g/mol. The zero-order valence-corrected chi connectivity index (χ0v) is 10.0. The Morgan fingerprint density at radius 3 is 2.00 bits per heavy atom. The molecule has 0 aliphatic rings. The van der Waals surface area contributed by atoms with Crippen LogP contribution in [0.5, 0.6) is 0 Å². The average molecular weight is 271 g/mol. The second-order valence-electron chi connectivity index (χ2n) is 1.60. The molecule has 0 bridgehead atoms. The van der Waals surface area contributed by atoms with Crippen LogP contribution in [0.15, 0.2) is 0 Å². The first-order valence-corrected chi connectivity index (χ1v) is 3.30. The summed E-state index contributed by atoms with van der Waals surface area (Å²) in [6, 6.07) is 0. The molecule has 0 aliphatic heterocycles. The molecule has 0 aromatic rings. The largest absolute Gasteiger partial charge is 2.00 e. The molecule has 0 aromatic heterocycles. The fourth-order valence-electron chi connectivity index (χ4n) is 0.448. The molecule has 0 nitrogen and oxygen atoms in total. The van der Waals surface area contributed by atoms with E-state index in [1.54, 1.807) is 0 Å². The Hall–Kier alpha value is 1.79. The van der Waals surface area contributed by atoms with Gasteiger partial charge in [0, 0.05) is 5.88 Å². The van der Waals surface area contributed by atoms with E-state index in [0.29, 0.717) is 0 Å². The van der Waals surface area contributed by atoms with Crippen LogP contribution in [-0.4, -0.2) is 28.9 Å². The van der Waals surface area contributed by atoms with Crippen LogP contribution in [0.3, 0.4) is 0 Å². The van der Waals surface area contributed by atoms with Gasteiger partial charge in [0.1, 0.15) is 0 Å². The molecule has 0 aromatic carbocycles. The molecule has 9 heavy (non-hydrogen) atoms. The molecule has 0 saturated heterocycles. The molecule has 0 spiro atoms. The van der Waals surface area contributed by atoms with Gasteiger partial charge in [0.05, 0.1) is 0 Å². The molecule has 52 valence electrons. The zero-order chi connectivity index (χ0) is 5.54. The van der Waals surface area contributed by atoms with E-state index < -0.39 is 0 Å². The van der Waals surface area contributed by atoms with Gasteiger partial charge in [-0.1, -0.05) is 12.8 Å². The summed E-state index contributed by atoms with van der Waals surface area (Å²) < 4.78 is 0. The molecule has 0 rings (SSSR count). The van der Waals surface area contributed by atoms with Crippen LogP contribution in [0.25, 0.3) is 0 Å². The normalized spacial score (nSPS) is 7.33. The predicted molar refractivity (Wildman–Crippen MR) is 40.3 cm³/mol. The predicted octanol–water partition coefficient (Wildman–Crippen LogP) is -0.757. The first-order chi connectivity index (χ1) is 3.41. The van der Waals surface area contributed by atoms with Gasteiger partial charge in [-0.2, -0.15) is 6.42 Å². The third-order valence-corrected chi connectivity index (χ3v) is 1.15. The van der Waals surface area contributed by atoms with E-state index in [0.717, 1.165) is 18.7 Å². The van der Waals surface area contributed by atoms with E-state index in [-0.39, 0.29) is 47.0 Å². The van der Waals surface area contributed by atoms with Crippen molar-refractivity contribution in [1.82, 2.24) is 0 Å². The van der Waals surface area contributed by atoms with Gasteiger partial charge in [0.15, 0.2) is 0 Å². The minimum Gasteiger partial charge on any atom is -1.00 e. The van der Waals surface area contributed by atoms with Gasteiger partial charge in [-0.25, -0.2) is 0 Å². The maximum absolute atomic E-state index is 5.42. The first kappa shape index (κ1) is 17.0. The summed E-state index contributed by atoms with van der Waals surface area (Å²) >= 11 is 5.42. The number of rotatable bonds is 4. The van der Waals surface area contributed by atoms with Crippen molar-refractivity contribution in [3.05, 3.63) is 6.92 Å². The smallest absolute Gasteiger partial charge is 1.00 e. The molecule has 0 heterocycles. The average Bonchev–Trinajstić information content (AvgIpc) is 1.69. The van der Waals surface area contributed by atoms with E-state index >= 15 is 0 Å². The topological polar surface area (TPSA) is 0 Å². The third kappa shape index (κ3) is 17.7. The Bertz CT molecular complexity index is 32.2. The summed E-state index contributed by atoms with van der Waals surface area (Å²) in [5.41, 5.74) is 0. The molecule has 0 atom stereocenters. The van der Waals surface area contributed by atoms with Gasteiger partial charge >= 0.3 is 23.1 Å². The van der Waals surface area contributed by atoms with E-state index in [4.69, 9.17) is 11.6 Å². The minimum absolute atomic E-state index is 0. The Balaban J connectivity index is -0.000000180. The van der Waals surface area contributed by atoms with Crippen LogP contribution in [0.2, 0.25) is 0 Å². The summed E-state index contributed by atoms with van der Waals surface area (Å²) in [5.74, 6) is 0.806.